The molecule has 3 aromatic rings. The first-order valence-electron chi connectivity index (χ1n) is 9.31. The molecule has 0 spiro atoms. The lowest BCUT2D eigenvalue weighted by molar-refractivity contribution is 0.0948. The topological polar surface area (TPSA) is 86.9 Å². The van der Waals surface area contributed by atoms with Crippen molar-refractivity contribution in [2.45, 2.75) is 20.3 Å². The zero-order chi connectivity index (χ0) is 20.1. The second kappa shape index (κ2) is 8.56. The molecule has 0 unspecified atom stereocenters. The van der Waals surface area contributed by atoms with Crippen molar-refractivity contribution in [1.29, 1.82) is 0 Å². The van der Waals surface area contributed by atoms with Gasteiger partial charge in [-0.15, -0.1) is 0 Å². The number of carbonyl (C=O) groups is 1. The summed E-state index contributed by atoms with van der Waals surface area (Å²) in [5, 5.41) is 12.8. The van der Waals surface area contributed by atoms with Crippen molar-refractivity contribution < 1.29 is 9.90 Å². The van der Waals surface area contributed by atoms with Crippen molar-refractivity contribution in [2.75, 3.05) is 24.5 Å². The van der Waals surface area contributed by atoms with Crippen LogP contribution >= 0.6 is 0 Å². The van der Waals surface area contributed by atoms with Crippen LogP contribution in [-0.4, -0.2) is 40.0 Å². The Balaban J connectivity index is 1.65. The van der Waals surface area contributed by atoms with Crippen LogP contribution in [-0.2, 0) is 0 Å². The van der Waals surface area contributed by atoms with E-state index in [2.05, 4.69) is 22.1 Å². The number of hydrogen-bond donors (Lipinski definition) is 2. The molecule has 0 saturated carbocycles. The van der Waals surface area contributed by atoms with Crippen molar-refractivity contribution in [1.82, 2.24) is 14.7 Å². The SMILES string of the molecule is CCN(CCCNC(=O)c1c(O)nc2cc(C)ccn2c1=O)c1ccccc1. The molecule has 7 nitrogen and oxygen atoms in total. The van der Waals surface area contributed by atoms with E-state index in [1.807, 2.05) is 37.3 Å². The summed E-state index contributed by atoms with van der Waals surface area (Å²) in [4.78, 5) is 31.2. The van der Waals surface area contributed by atoms with E-state index in [9.17, 15) is 14.7 Å². The van der Waals surface area contributed by atoms with Gasteiger partial charge in [0.1, 0.15) is 5.65 Å². The maximum absolute atomic E-state index is 12.6. The number of anilines is 1. The molecule has 2 heterocycles. The lowest BCUT2D eigenvalue weighted by Gasteiger charge is -2.23. The number of aromatic nitrogens is 2. The van der Waals surface area contributed by atoms with Gasteiger partial charge in [-0.05, 0) is 50.1 Å². The van der Waals surface area contributed by atoms with Crippen LogP contribution in [0.2, 0.25) is 0 Å². The number of nitrogens with zero attached hydrogens (tertiary/aromatic N) is 3. The monoisotopic (exact) mass is 380 g/mol. The fraction of sp³-hybridized carbons (Fsp3) is 0.286. The Morgan fingerprint density at radius 2 is 2.00 bits per heavy atom. The van der Waals surface area contributed by atoms with E-state index in [1.165, 1.54) is 4.40 Å². The molecule has 2 N–H and O–H groups in total. The van der Waals surface area contributed by atoms with Gasteiger partial charge in [-0.2, -0.15) is 4.98 Å². The summed E-state index contributed by atoms with van der Waals surface area (Å²) in [5.41, 5.74) is 1.42. The standard InChI is InChI=1S/C21H24N4O3/c1-3-24(16-8-5-4-6-9-16)12-7-11-22-19(26)18-20(27)23-17-14-15(2)10-13-25(17)21(18)28/h4-6,8-10,13-14,27H,3,7,11-12H2,1-2H3,(H,22,26). The summed E-state index contributed by atoms with van der Waals surface area (Å²) in [6.07, 6.45) is 2.26. The molecule has 3 rings (SSSR count). The number of para-hydroxylation sites is 1. The molecule has 0 bridgehead atoms. The number of pyridine rings is 1. The molecule has 146 valence electrons. The normalized spacial score (nSPS) is 10.8. The molecular formula is C21H24N4O3. The van der Waals surface area contributed by atoms with Gasteiger partial charge in [-0.3, -0.25) is 14.0 Å². The fourth-order valence-corrected chi connectivity index (χ4v) is 3.10. The average Bonchev–Trinajstić information content (AvgIpc) is 2.68. The van der Waals surface area contributed by atoms with E-state index in [0.717, 1.165) is 24.3 Å². The molecular weight excluding hydrogens is 356 g/mol. The number of amides is 1. The van der Waals surface area contributed by atoms with Crippen molar-refractivity contribution in [2.24, 2.45) is 0 Å². The number of hydrogen-bond acceptors (Lipinski definition) is 5. The quantitative estimate of drug-likeness (QED) is 0.615. The zero-order valence-corrected chi connectivity index (χ0v) is 16.1. The second-order valence-electron chi connectivity index (χ2n) is 6.57. The minimum absolute atomic E-state index is 0.306. The summed E-state index contributed by atoms with van der Waals surface area (Å²) < 4.78 is 1.26. The smallest absolute Gasteiger partial charge is 0.274 e. The number of benzene rings is 1. The van der Waals surface area contributed by atoms with Gasteiger partial charge in [-0.1, -0.05) is 18.2 Å². The Morgan fingerprint density at radius 3 is 2.71 bits per heavy atom. The van der Waals surface area contributed by atoms with E-state index in [-0.39, 0.29) is 5.56 Å². The number of nitrogens with one attached hydrogen (secondary N) is 1. The fourth-order valence-electron chi connectivity index (χ4n) is 3.10. The Hall–Kier alpha value is -3.35. The Morgan fingerprint density at radius 1 is 1.25 bits per heavy atom. The lowest BCUT2D eigenvalue weighted by atomic mass is 10.2. The van der Waals surface area contributed by atoms with Gasteiger partial charge in [0.2, 0.25) is 5.88 Å². The molecule has 0 aliphatic rings. The van der Waals surface area contributed by atoms with Crippen LogP contribution < -0.4 is 15.8 Å². The molecule has 0 aliphatic carbocycles. The number of rotatable bonds is 7. The molecule has 2 aromatic heterocycles. The van der Waals surface area contributed by atoms with Crippen LogP contribution in [0.1, 0.15) is 29.3 Å². The first kappa shape index (κ1) is 19.4. The van der Waals surface area contributed by atoms with Crippen LogP contribution in [0.4, 0.5) is 5.69 Å². The number of aromatic hydroxyl groups is 1. The van der Waals surface area contributed by atoms with E-state index in [1.54, 1.807) is 18.3 Å². The number of carbonyl (C=O) groups excluding carboxylic acids is 1. The molecule has 0 radical (unpaired) electrons. The number of fused-ring (bicyclic) bond motifs is 1. The van der Waals surface area contributed by atoms with Crippen LogP contribution in [0.25, 0.3) is 5.65 Å². The Bertz CT molecular complexity index is 1030. The van der Waals surface area contributed by atoms with Gasteiger partial charge in [0.05, 0.1) is 0 Å². The second-order valence-corrected chi connectivity index (χ2v) is 6.57. The number of aryl methyl sites for hydroxylation is 1. The predicted octanol–water partition coefficient (Wildman–Crippen LogP) is 2.35. The van der Waals surface area contributed by atoms with Crippen LogP contribution in [0.15, 0.2) is 53.5 Å². The molecule has 7 heteroatoms. The lowest BCUT2D eigenvalue weighted by Crippen LogP contribution is -2.34. The molecule has 0 atom stereocenters. The molecule has 28 heavy (non-hydrogen) atoms. The van der Waals surface area contributed by atoms with Gasteiger partial charge >= 0.3 is 0 Å². The largest absolute Gasteiger partial charge is 0.493 e. The van der Waals surface area contributed by atoms with Crippen molar-refractivity contribution in [3.63, 3.8) is 0 Å². The first-order valence-corrected chi connectivity index (χ1v) is 9.31. The highest BCUT2D eigenvalue weighted by molar-refractivity contribution is 5.96. The zero-order valence-electron chi connectivity index (χ0n) is 16.1. The minimum atomic E-state index is -0.618. The van der Waals surface area contributed by atoms with Crippen molar-refractivity contribution in [3.8, 4) is 5.88 Å². The Labute approximate surface area is 163 Å². The summed E-state index contributed by atoms with van der Waals surface area (Å²) in [5.74, 6) is -1.17. The third kappa shape index (κ3) is 4.14. The van der Waals surface area contributed by atoms with Gasteiger partial charge in [0.15, 0.2) is 5.56 Å². The van der Waals surface area contributed by atoms with E-state index >= 15 is 0 Å². The van der Waals surface area contributed by atoms with Crippen LogP contribution in [0.5, 0.6) is 5.88 Å². The van der Waals surface area contributed by atoms with E-state index in [4.69, 9.17) is 0 Å². The summed E-state index contributed by atoms with van der Waals surface area (Å²) >= 11 is 0. The Kier molecular flexibility index (Phi) is 5.93. The third-order valence-corrected chi connectivity index (χ3v) is 4.59. The van der Waals surface area contributed by atoms with Crippen molar-refractivity contribution >= 4 is 17.2 Å². The van der Waals surface area contributed by atoms with Gasteiger partial charge < -0.3 is 15.3 Å². The predicted molar refractivity (Wildman–Crippen MR) is 109 cm³/mol. The molecule has 1 aromatic carbocycles. The van der Waals surface area contributed by atoms with E-state index < -0.39 is 17.3 Å². The van der Waals surface area contributed by atoms with Crippen LogP contribution in [0, 0.1) is 6.92 Å². The minimum Gasteiger partial charge on any atom is -0.493 e. The molecule has 1 amide bonds. The first-order chi connectivity index (χ1) is 13.5. The molecule has 0 saturated heterocycles. The maximum Gasteiger partial charge on any atom is 0.274 e. The maximum atomic E-state index is 12.6. The molecule has 0 fully saturated rings. The highest BCUT2D eigenvalue weighted by atomic mass is 16.3. The van der Waals surface area contributed by atoms with Crippen LogP contribution in [0.3, 0.4) is 0 Å². The highest BCUT2D eigenvalue weighted by Gasteiger charge is 2.19. The van der Waals surface area contributed by atoms with Gasteiger partial charge in [-0.25, -0.2) is 0 Å². The summed E-state index contributed by atoms with van der Waals surface area (Å²) in [6, 6.07) is 13.5. The van der Waals surface area contributed by atoms with Gasteiger partial charge in [0, 0.05) is 31.5 Å². The summed E-state index contributed by atoms with van der Waals surface area (Å²) in [7, 11) is 0. The van der Waals surface area contributed by atoms with Crippen molar-refractivity contribution in [3.05, 3.63) is 70.1 Å². The highest BCUT2D eigenvalue weighted by Crippen LogP contribution is 2.14. The van der Waals surface area contributed by atoms with E-state index in [0.29, 0.717) is 18.6 Å². The van der Waals surface area contributed by atoms with Gasteiger partial charge in [0.25, 0.3) is 11.5 Å². The average molecular weight is 380 g/mol. The molecule has 0 aliphatic heterocycles. The summed E-state index contributed by atoms with van der Waals surface area (Å²) in [6.45, 7) is 5.94. The third-order valence-electron chi connectivity index (χ3n) is 4.59.